The van der Waals surface area contributed by atoms with E-state index in [1.807, 2.05) is 67.3 Å². The van der Waals surface area contributed by atoms with Gasteiger partial charge in [0.05, 0.1) is 5.75 Å². The van der Waals surface area contributed by atoms with E-state index >= 15 is 0 Å². The van der Waals surface area contributed by atoms with Crippen LogP contribution in [0.25, 0.3) is 11.5 Å². The zero-order valence-corrected chi connectivity index (χ0v) is 21.4. The topological polar surface area (TPSA) is 91.6 Å². The summed E-state index contributed by atoms with van der Waals surface area (Å²) >= 11 is 4.62. The van der Waals surface area contributed by atoms with E-state index in [4.69, 9.17) is 4.42 Å². The second-order valence-corrected chi connectivity index (χ2v) is 10.1. The Morgan fingerprint density at radius 3 is 2.50 bits per heavy atom. The number of nitrogens with one attached hydrogen (secondary N) is 1. The monoisotopic (exact) mass is 543 g/mol. The lowest BCUT2D eigenvalue weighted by Gasteiger charge is -2.37. The van der Waals surface area contributed by atoms with Gasteiger partial charge in [0.1, 0.15) is 0 Å². The van der Waals surface area contributed by atoms with E-state index in [-0.39, 0.29) is 23.5 Å². The Hall–Kier alpha value is -2.85. The molecule has 8 nitrogen and oxygen atoms in total. The molecule has 1 aliphatic rings. The van der Waals surface area contributed by atoms with Crippen LogP contribution in [0.4, 0.5) is 11.4 Å². The normalized spacial score (nSPS) is 13.9. The van der Waals surface area contributed by atoms with Crippen LogP contribution >= 0.6 is 27.7 Å². The molecule has 1 aromatic heterocycles. The predicted octanol–water partition coefficient (Wildman–Crippen LogP) is 4.53. The summed E-state index contributed by atoms with van der Waals surface area (Å²) in [5.74, 6) is 0.657. The van der Waals surface area contributed by atoms with Gasteiger partial charge in [-0.05, 0) is 42.5 Å². The van der Waals surface area contributed by atoms with E-state index < -0.39 is 0 Å². The number of aromatic nitrogens is 2. The number of piperazine rings is 1. The third kappa shape index (κ3) is 6.18. The van der Waals surface area contributed by atoms with Gasteiger partial charge in [0, 0.05) is 53.5 Å². The summed E-state index contributed by atoms with van der Waals surface area (Å²) < 4.78 is 6.58. The summed E-state index contributed by atoms with van der Waals surface area (Å²) in [6.07, 6.45) is 0. The van der Waals surface area contributed by atoms with E-state index in [0.29, 0.717) is 11.1 Å². The number of anilines is 2. The van der Waals surface area contributed by atoms with E-state index in [1.165, 1.54) is 11.8 Å². The molecule has 1 saturated heterocycles. The number of nitrogens with zero attached hydrogens (tertiary/aromatic N) is 4. The van der Waals surface area contributed by atoms with Gasteiger partial charge in [-0.15, -0.1) is 10.2 Å². The number of halogens is 1. The molecule has 0 unspecified atom stereocenters. The minimum absolute atomic E-state index is 0.0285. The molecule has 0 bridgehead atoms. The highest BCUT2D eigenvalue weighted by Gasteiger charge is 2.23. The molecular formula is C24H26BrN5O3S. The fraction of sp³-hybridized carbons (Fsp3) is 0.333. The third-order valence-corrected chi connectivity index (χ3v) is 6.72. The Bertz CT molecular complexity index is 1140. The van der Waals surface area contributed by atoms with E-state index in [9.17, 15) is 9.59 Å². The Morgan fingerprint density at radius 2 is 1.82 bits per heavy atom. The lowest BCUT2D eigenvalue weighted by Crippen LogP contribution is -2.49. The summed E-state index contributed by atoms with van der Waals surface area (Å²) in [5.41, 5.74) is 2.62. The van der Waals surface area contributed by atoms with Crippen molar-refractivity contribution in [1.29, 1.82) is 0 Å². The van der Waals surface area contributed by atoms with Gasteiger partial charge in [0.25, 0.3) is 5.22 Å². The van der Waals surface area contributed by atoms with Crippen LogP contribution in [0.5, 0.6) is 0 Å². The smallest absolute Gasteiger partial charge is 0.277 e. The lowest BCUT2D eigenvalue weighted by atomic mass is 10.1. The zero-order valence-electron chi connectivity index (χ0n) is 19.0. The van der Waals surface area contributed by atoms with Gasteiger partial charge in [-0.2, -0.15) is 0 Å². The number of hydrogen-bond acceptors (Lipinski definition) is 7. The van der Waals surface area contributed by atoms with Crippen molar-refractivity contribution in [2.24, 2.45) is 5.92 Å². The summed E-state index contributed by atoms with van der Waals surface area (Å²) in [6, 6.07) is 15.3. The molecule has 2 amide bonds. The highest BCUT2D eigenvalue weighted by atomic mass is 79.9. The highest BCUT2D eigenvalue weighted by molar-refractivity contribution is 9.10. The number of amides is 2. The Kier molecular flexibility index (Phi) is 7.89. The maximum atomic E-state index is 12.4. The van der Waals surface area contributed by atoms with Crippen molar-refractivity contribution in [1.82, 2.24) is 15.1 Å². The molecule has 0 saturated carbocycles. The first-order valence-corrected chi connectivity index (χ1v) is 12.8. The number of thioether (sulfide) groups is 1. The third-order valence-electron chi connectivity index (χ3n) is 5.41. The predicted molar refractivity (Wildman–Crippen MR) is 137 cm³/mol. The molecule has 10 heteroatoms. The Balaban J connectivity index is 1.25. The minimum atomic E-state index is -0.152. The number of rotatable bonds is 7. The molecule has 0 atom stereocenters. The van der Waals surface area contributed by atoms with Crippen LogP contribution in [0.1, 0.15) is 13.8 Å². The summed E-state index contributed by atoms with van der Waals surface area (Å²) in [6.45, 7) is 6.92. The van der Waals surface area contributed by atoms with Gasteiger partial charge < -0.3 is 19.5 Å². The molecular weight excluding hydrogens is 518 g/mol. The Labute approximate surface area is 211 Å². The molecule has 0 aliphatic carbocycles. The standard InChI is InChI=1S/C24H26BrN5O3S/c1-16(2)23(32)30-12-10-29(11-13-30)20-8-6-19(7-9-20)26-21(31)15-34-24-28-27-22(33-24)17-4-3-5-18(25)14-17/h3-9,14,16H,10-13,15H2,1-2H3,(H,26,31). The van der Waals surface area contributed by atoms with Crippen LogP contribution < -0.4 is 10.2 Å². The second kappa shape index (κ2) is 11.1. The molecule has 1 N–H and O–H groups in total. The molecule has 2 aromatic carbocycles. The molecule has 2 heterocycles. The van der Waals surface area contributed by atoms with Crippen molar-refractivity contribution in [3.05, 3.63) is 53.0 Å². The number of hydrogen-bond donors (Lipinski definition) is 1. The van der Waals surface area contributed by atoms with Gasteiger partial charge in [0.15, 0.2) is 0 Å². The maximum absolute atomic E-state index is 12.4. The molecule has 1 aliphatic heterocycles. The van der Waals surface area contributed by atoms with Crippen LogP contribution in [0.2, 0.25) is 0 Å². The van der Waals surface area contributed by atoms with Crippen LogP contribution in [0.15, 0.2) is 62.6 Å². The highest BCUT2D eigenvalue weighted by Crippen LogP contribution is 2.26. The molecule has 34 heavy (non-hydrogen) atoms. The zero-order chi connectivity index (χ0) is 24.1. The molecule has 4 rings (SSSR count). The molecule has 1 fully saturated rings. The first kappa shape index (κ1) is 24.3. The summed E-state index contributed by atoms with van der Waals surface area (Å²) in [5, 5.41) is 11.3. The van der Waals surface area contributed by atoms with Crippen LogP contribution in [0, 0.1) is 5.92 Å². The first-order valence-electron chi connectivity index (χ1n) is 11.0. The largest absolute Gasteiger partial charge is 0.411 e. The fourth-order valence-corrected chi connectivity index (χ4v) is 4.60. The van der Waals surface area contributed by atoms with Gasteiger partial charge in [-0.3, -0.25) is 9.59 Å². The fourth-order valence-electron chi connectivity index (χ4n) is 3.64. The summed E-state index contributed by atoms with van der Waals surface area (Å²) in [4.78, 5) is 28.7. The van der Waals surface area contributed by atoms with Crippen LogP contribution in [-0.4, -0.2) is 58.8 Å². The van der Waals surface area contributed by atoms with Crippen molar-refractivity contribution in [3.63, 3.8) is 0 Å². The SMILES string of the molecule is CC(C)C(=O)N1CCN(c2ccc(NC(=O)CSc3nnc(-c4cccc(Br)c4)o3)cc2)CC1. The lowest BCUT2D eigenvalue weighted by molar-refractivity contribution is -0.134. The average Bonchev–Trinajstić information content (AvgIpc) is 3.32. The number of carbonyl (C=O) groups excluding carboxylic acids is 2. The summed E-state index contributed by atoms with van der Waals surface area (Å²) in [7, 11) is 0. The molecule has 0 spiro atoms. The molecule has 3 aromatic rings. The first-order chi connectivity index (χ1) is 16.4. The maximum Gasteiger partial charge on any atom is 0.277 e. The van der Waals surface area contributed by atoms with Crippen molar-refractivity contribution in [3.8, 4) is 11.5 Å². The van der Waals surface area contributed by atoms with Gasteiger partial charge in [-0.1, -0.05) is 47.6 Å². The number of benzene rings is 2. The average molecular weight is 544 g/mol. The number of carbonyl (C=O) groups is 2. The van der Waals surface area contributed by atoms with Crippen molar-refractivity contribution >= 4 is 50.9 Å². The van der Waals surface area contributed by atoms with E-state index in [0.717, 1.165) is 47.6 Å². The van der Waals surface area contributed by atoms with Gasteiger partial charge in [-0.25, -0.2) is 0 Å². The van der Waals surface area contributed by atoms with E-state index in [1.54, 1.807) is 0 Å². The quantitative estimate of drug-likeness (QED) is 0.437. The van der Waals surface area contributed by atoms with Gasteiger partial charge in [0.2, 0.25) is 17.7 Å². The molecule has 178 valence electrons. The van der Waals surface area contributed by atoms with Crippen LogP contribution in [0.3, 0.4) is 0 Å². The molecule has 0 radical (unpaired) electrons. The van der Waals surface area contributed by atoms with Crippen LogP contribution in [-0.2, 0) is 9.59 Å². The second-order valence-electron chi connectivity index (χ2n) is 8.23. The van der Waals surface area contributed by atoms with Crippen molar-refractivity contribution < 1.29 is 14.0 Å². The van der Waals surface area contributed by atoms with E-state index in [2.05, 4.69) is 36.3 Å². The Morgan fingerprint density at radius 1 is 1.09 bits per heavy atom. The van der Waals surface area contributed by atoms with Crippen molar-refractivity contribution in [2.75, 3.05) is 42.1 Å². The van der Waals surface area contributed by atoms with Crippen molar-refractivity contribution in [2.45, 2.75) is 19.1 Å². The minimum Gasteiger partial charge on any atom is -0.411 e. The van der Waals surface area contributed by atoms with Gasteiger partial charge >= 0.3 is 0 Å².